The molecule has 1 rings (SSSR count). The highest BCUT2D eigenvalue weighted by molar-refractivity contribution is 7.90. The monoisotopic (exact) mass is 362 g/mol. The van der Waals surface area contributed by atoms with Gasteiger partial charge in [-0.05, 0) is 28.1 Å². The highest BCUT2D eigenvalue weighted by Gasteiger charge is 2.51. The number of nitrogens with zero attached hydrogens (tertiary/aromatic N) is 1. The van der Waals surface area contributed by atoms with Crippen LogP contribution in [-0.2, 0) is 19.6 Å². The molecule has 1 unspecified atom stereocenters. The van der Waals surface area contributed by atoms with Gasteiger partial charge in [-0.15, -0.1) is 0 Å². The number of halogens is 6. The van der Waals surface area contributed by atoms with Crippen molar-refractivity contribution in [2.45, 2.75) is 24.7 Å². The average molecular weight is 362 g/mol. The summed E-state index contributed by atoms with van der Waals surface area (Å²) in [6, 6.07) is 0. The summed E-state index contributed by atoms with van der Waals surface area (Å²) in [5.41, 5.74) is -5.96. The standard InChI is InChI=1S/C3HF6NO3S.C3H9N.C3H6O/c4-2(5,6)1(11)10-14(12,13)3(7,8)9;1-4(2)3;1-3-2-4-3/h(H,10,11);1-3H3;3H,2H2,1H3. The average Bonchev–Trinajstić information content (AvgIpc) is 2.96. The molecular formula is C9H16F6N2O4S. The Bertz CT molecular complexity index is 439. The van der Waals surface area contributed by atoms with Gasteiger partial charge in [-0.1, -0.05) is 0 Å². The molecule has 0 aliphatic carbocycles. The molecule has 0 bridgehead atoms. The van der Waals surface area contributed by atoms with E-state index in [-0.39, 0.29) is 4.72 Å². The molecule has 1 aliphatic rings. The second-order valence-electron chi connectivity index (χ2n) is 4.36. The van der Waals surface area contributed by atoms with Gasteiger partial charge in [0.05, 0.1) is 12.7 Å². The van der Waals surface area contributed by atoms with Crippen LogP contribution in [0.1, 0.15) is 6.92 Å². The van der Waals surface area contributed by atoms with Gasteiger partial charge >= 0.3 is 27.6 Å². The van der Waals surface area contributed by atoms with Gasteiger partial charge in [0.25, 0.3) is 0 Å². The fourth-order valence-corrected chi connectivity index (χ4v) is 0.810. The lowest BCUT2D eigenvalue weighted by atomic mass is 10.6. The molecule has 1 fully saturated rings. The summed E-state index contributed by atoms with van der Waals surface area (Å²) in [4.78, 5) is 11.8. The van der Waals surface area contributed by atoms with Gasteiger partial charge in [-0.3, -0.25) is 4.79 Å². The summed E-state index contributed by atoms with van der Waals surface area (Å²) in [6.45, 7) is 3.04. The number of carbonyl (C=O) groups is 1. The third-order valence-electron chi connectivity index (χ3n) is 1.29. The van der Waals surface area contributed by atoms with E-state index in [1.165, 1.54) is 0 Å². The van der Waals surface area contributed by atoms with Crippen LogP contribution in [0.25, 0.3) is 0 Å². The first kappa shape index (κ1) is 23.2. The quantitative estimate of drug-likeness (QED) is 0.558. The van der Waals surface area contributed by atoms with Gasteiger partial charge in [-0.2, -0.15) is 34.8 Å². The number of alkyl halides is 6. The summed E-state index contributed by atoms with van der Waals surface area (Å²) >= 11 is 0. The van der Waals surface area contributed by atoms with Crippen LogP contribution in [0.4, 0.5) is 26.3 Å². The molecule has 13 heteroatoms. The van der Waals surface area contributed by atoms with Gasteiger partial charge < -0.3 is 9.64 Å². The lowest BCUT2D eigenvalue weighted by molar-refractivity contribution is -0.171. The first-order valence-electron chi connectivity index (χ1n) is 5.43. The Morgan fingerprint density at radius 2 is 1.41 bits per heavy atom. The molecule has 0 saturated carbocycles. The zero-order valence-corrected chi connectivity index (χ0v) is 12.9. The third-order valence-corrected chi connectivity index (χ3v) is 2.35. The molecule has 0 spiro atoms. The molecule has 1 heterocycles. The molecular weight excluding hydrogens is 346 g/mol. The molecule has 0 aromatic rings. The van der Waals surface area contributed by atoms with E-state index in [0.29, 0.717) is 6.10 Å². The van der Waals surface area contributed by atoms with Crippen molar-refractivity contribution in [3.8, 4) is 0 Å². The van der Waals surface area contributed by atoms with Crippen molar-refractivity contribution in [1.82, 2.24) is 9.62 Å². The van der Waals surface area contributed by atoms with E-state index in [0.717, 1.165) is 6.61 Å². The largest absolute Gasteiger partial charge is 0.516 e. The number of sulfonamides is 1. The first-order chi connectivity index (χ1) is 9.50. The Labute approximate surface area is 123 Å². The summed E-state index contributed by atoms with van der Waals surface area (Å²) in [6.07, 6.45) is -5.11. The summed E-state index contributed by atoms with van der Waals surface area (Å²) in [5, 5.41) is 0. The Kier molecular flexibility index (Phi) is 8.99. The Morgan fingerprint density at radius 1 is 1.14 bits per heavy atom. The zero-order chi connectivity index (χ0) is 18.4. The summed E-state index contributed by atoms with van der Waals surface area (Å²) < 4.78 is 92.6. The molecule has 1 N–H and O–H groups in total. The Morgan fingerprint density at radius 3 is 1.55 bits per heavy atom. The van der Waals surface area contributed by atoms with Crippen LogP contribution < -0.4 is 4.72 Å². The molecule has 0 radical (unpaired) electrons. The molecule has 22 heavy (non-hydrogen) atoms. The fourth-order valence-electron chi connectivity index (χ4n) is 0.334. The van der Waals surface area contributed by atoms with E-state index in [1.54, 1.807) is 0 Å². The van der Waals surface area contributed by atoms with Crippen LogP contribution >= 0.6 is 0 Å². The van der Waals surface area contributed by atoms with Crippen LogP contribution in [0.2, 0.25) is 0 Å². The zero-order valence-electron chi connectivity index (χ0n) is 12.0. The van der Waals surface area contributed by atoms with Crippen molar-refractivity contribution in [2.24, 2.45) is 0 Å². The maximum absolute atomic E-state index is 11.4. The van der Waals surface area contributed by atoms with Gasteiger partial charge in [0.15, 0.2) is 0 Å². The van der Waals surface area contributed by atoms with Gasteiger partial charge in [-0.25, -0.2) is 4.72 Å². The van der Waals surface area contributed by atoms with Gasteiger partial charge in [0.2, 0.25) is 0 Å². The minimum Gasteiger partial charge on any atom is -0.373 e. The van der Waals surface area contributed by atoms with E-state index in [9.17, 15) is 39.6 Å². The molecule has 1 aliphatic heterocycles. The predicted molar refractivity (Wildman–Crippen MR) is 64.2 cm³/mol. The van der Waals surface area contributed by atoms with Gasteiger partial charge in [0.1, 0.15) is 0 Å². The molecule has 1 amide bonds. The van der Waals surface area contributed by atoms with E-state index in [1.807, 2.05) is 26.0 Å². The Balaban J connectivity index is 0. The molecule has 1 atom stereocenters. The molecule has 1 saturated heterocycles. The fraction of sp³-hybridized carbons (Fsp3) is 0.889. The molecule has 134 valence electrons. The lowest BCUT2D eigenvalue weighted by Gasteiger charge is -2.10. The lowest BCUT2D eigenvalue weighted by Crippen LogP contribution is -2.46. The minimum absolute atomic E-state index is 0.181. The minimum atomic E-state index is -6.30. The van der Waals surface area contributed by atoms with Crippen molar-refractivity contribution >= 4 is 15.9 Å². The van der Waals surface area contributed by atoms with Gasteiger partial charge in [0, 0.05) is 0 Å². The summed E-state index contributed by atoms with van der Waals surface area (Å²) in [7, 11) is -0.300. The van der Waals surface area contributed by atoms with Crippen molar-refractivity contribution in [3.05, 3.63) is 0 Å². The maximum Gasteiger partial charge on any atom is 0.516 e. The van der Waals surface area contributed by atoms with Crippen LogP contribution in [-0.4, -0.2) is 64.8 Å². The normalized spacial score (nSPS) is 17.7. The number of carbonyl (C=O) groups excluding carboxylic acids is 1. The van der Waals surface area contributed by atoms with Crippen molar-refractivity contribution < 1.29 is 44.3 Å². The molecule has 0 aromatic carbocycles. The van der Waals surface area contributed by atoms with Crippen LogP contribution in [0.3, 0.4) is 0 Å². The van der Waals surface area contributed by atoms with Crippen molar-refractivity contribution in [3.63, 3.8) is 0 Å². The number of epoxide rings is 1. The topological polar surface area (TPSA) is 79.0 Å². The second kappa shape index (κ2) is 8.53. The third kappa shape index (κ3) is 12.6. The van der Waals surface area contributed by atoms with Crippen molar-refractivity contribution in [2.75, 3.05) is 27.7 Å². The van der Waals surface area contributed by atoms with E-state index in [2.05, 4.69) is 6.92 Å². The van der Waals surface area contributed by atoms with E-state index >= 15 is 0 Å². The van der Waals surface area contributed by atoms with Crippen LogP contribution in [0.15, 0.2) is 0 Å². The number of hydrogen-bond donors (Lipinski definition) is 1. The van der Waals surface area contributed by atoms with Crippen molar-refractivity contribution in [1.29, 1.82) is 0 Å². The predicted octanol–water partition coefficient (Wildman–Crippen LogP) is 1.10. The number of ether oxygens (including phenoxy) is 1. The summed E-state index contributed by atoms with van der Waals surface area (Å²) in [5.74, 6) is -3.20. The molecule has 6 nitrogen and oxygen atoms in total. The van der Waals surface area contributed by atoms with Crippen LogP contribution in [0.5, 0.6) is 0 Å². The second-order valence-corrected chi connectivity index (χ2v) is 6.04. The Hall–Kier alpha value is -1.08. The van der Waals surface area contributed by atoms with Crippen LogP contribution in [0, 0.1) is 0 Å². The smallest absolute Gasteiger partial charge is 0.373 e. The number of hydrogen-bond acceptors (Lipinski definition) is 5. The maximum atomic E-state index is 11.4. The SMILES string of the molecule is CC1CO1.CN(C)C.O=C(NS(=O)(=O)C(F)(F)F)C(F)(F)F. The van der Waals surface area contributed by atoms with E-state index in [4.69, 9.17) is 4.74 Å². The highest BCUT2D eigenvalue weighted by Crippen LogP contribution is 2.23. The number of rotatable bonds is 1. The highest BCUT2D eigenvalue weighted by atomic mass is 32.2. The number of nitrogens with one attached hydrogen (secondary N) is 1. The first-order valence-corrected chi connectivity index (χ1v) is 6.91. The van der Waals surface area contributed by atoms with E-state index < -0.39 is 27.6 Å². The molecule has 0 aromatic heterocycles. The number of amides is 1.